The summed E-state index contributed by atoms with van der Waals surface area (Å²) < 4.78 is 0. The van der Waals surface area contributed by atoms with E-state index in [0.717, 1.165) is 0 Å². The largest absolute Gasteiger partial charge is 0.234 e. The van der Waals surface area contributed by atoms with Crippen LogP contribution in [-0.2, 0) is 19.6 Å². The molecule has 4 heteroatoms. The summed E-state index contributed by atoms with van der Waals surface area (Å²) in [5, 5.41) is 0. The monoisotopic (exact) mass is 120 g/mol. The zero-order chi connectivity index (χ0) is 5.66. The highest BCUT2D eigenvalue weighted by Crippen LogP contribution is 1.87. The first-order valence-electron chi connectivity index (χ1n) is 2.49. The van der Waals surface area contributed by atoms with Crippen molar-refractivity contribution >= 4 is 0 Å². The lowest BCUT2D eigenvalue weighted by molar-refractivity contribution is -0.382. The molecule has 0 spiro atoms. The Labute approximate surface area is 47.1 Å². The molecule has 0 aliphatic carbocycles. The molecule has 48 valence electrons. The lowest BCUT2D eigenvalue weighted by Crippen LogP contribution is -2.14. The van der Waals surface area contributed by atoms with Gasteiger partial charge >= 0.3 is 0 Å². The maximum atomic E-state index is 4.57. The minimum absolute atomic E-state index is 0.431. The van der Waals surface area contributed by atoms with Gasteiger partial charge in [-0.15, -0.1) is 0 Å². The van der Waals surface area contributed by atoms with Gasteiger partial charge in [0.05, 0.1) is 0 Å². The average molecular weight is 120 g/mol. The Hall–Kier alpha value is -0.160. The van der Waals surface area contributed by atoms with Gasteiger partial charge in [-0.2, -0.15) is 0 Å². The topological polar surface area (TPSA) is 36.9 Å². The molecule has 0 saturated carbocycles. The molecule has 1 rings (SSSR count). The van der Waals surface area contributed by atoms with Crippen LogP contribution in [0.2, 0.25) is 0 Å². The van der Waals surface area contributed by atoms with Crippen molar-refractivity contribution in [1.29, 1.82) is 0 Å². The lowest BCUT2D eigenvalue weighted by atomic mass is 10.8. The van der Waals surface area contributed by atoms with Crippen molar-refractivity contribution in [3.63, 3.8) is 0 Å². The quantitative estimate of drug-likeness (QED) is 0.418. The van der Waals surface area contributed by atoms with Crippen molar-refractivity contribution in [2.75, 3.05) is 26.4 Å². The van der Waals surface area contributed by atoms with Crippen LogP contribution in [0.4, 0.5) is 0 Å². The fourth-order valence-corrected chi connectivity index (χ4v) is 0.372. The van der Waals surface area contributed by atoms with Gasteiger partial charge in [-0.3, -0.25) is 0 Å². The van der Waals surface area contributed by atoms with Gasteiger partial charge in [0.25, 0.3) is 0 Å². The van der Waals surface area contributed by atoms with E-state index in [4.69, 9.17) is 0 Å². The van der Waals surface area contributed by atoms with Crippen molar-refractivity contribution < 1.29 is 19.6 Å². The molecule has 0 unspecified atom stereocenters. The summed E-state index contributed by atoms with van der Waals surface area (Å²) in [6.07, 6.45) is 0. The Morgan fingerprint density at radius 1 is 0.500 bits per heavy atom. The molecule has 0 amide bonds. The minimum atomic E-state index is 0.431. The van der Waals surface area contributed by atoms with Gasteiger partial charge in [0, 0.05) is 0 Å². The van der Waals surface area contributed by atoms with Crippen molar-refractivity contribution in [3.8, 4) is 0 Å². The Bertz CT molecular complexity index is 32.0. The third-order valence-corrected chi connectivity index (χ3v) is 0.667. The molecule has 4 nitrogen and oxygen atoms in total. The molecule has 0 atom stereocenters. The second-order valence-electron chi connectivity index (χ2n) is 1.29. The summed E-state index contributed by atoms with van der Waals surface area (Å²) >= 11 is 0. The molecular weight excluding hydrogens is 112 g/mol. The van der Waals surface area contributed by atoms with Crippen molar-refractivity contribution in [1.82, 2.24) is 0 Å². The smallest absolute Gasteiger partial charge is 0.109 e. The predicted octanol–water partition coefficient (Wildman–Crippen LogP) is -0.104. The van der Waals surface area contributed by atoms with E-state index in [1.54, 1.807) is 0 Å². The van der Waals surface area contributed by atoms with Gasteiger partial charge < -0.3 is 0 Å². The zero-order valence-corrected chi connectivity index (χ0v) is 4.46. The van der Waals surface area contributed by atoms with Crippen LogP contribution in [0, 0.1) is 0 Å². The molecule has 1 aliphatic rings. The van der Waals surface area contributed by atoms with Crippen LogP contribution in [0.5, 0.6) is 0 Å². The minimum Gasteiger partial charge on any atom is -0.234 e. The first kappa shape index (κ1) is 5.97. The highest BCUT2D eigenvalue weighted by atomic mass is 17.2. The highest BCUT2D eigenvalue weighted by Gasteiger charge is 1.96. The second kappa shape index (κ2) is 3.80. The molecule has 0 aromatic heterocycles. The Morgan fingerprint density at radius 2 is 0.750 bits per heavy atom. The molecule has 1 aliphatic heterocycles. The van der Waals surface area contributed by atoms with E-state index in [9.17, 15) is 0 Å². The van der Waals surface area contributed by atoms with Crippen molar-refractivity contribution in [2.24, 2.45) is 0 Å². The summed E-state index contributed by atoms with van der Waals surface area (Å²) in [6, 6.07) is 0. The van der Waals surface area contributed by atoms with Gasteiger partial charge in [0.1, 0.15) is 26.4 Å². The summed E-state index contributed by atoms with van der Waals surface area (Å²) in [6.45, 7) is 1.72. The van der Waals surface area contributed by atoms with E-state index < -0.39 is 0 Å². The summed E-state index contributed by atoms with van der Waals surface area (Å²) in [7, 11) is 0. The average Bonchev–Trinajstić information content (AvgIpc) is 1.62. The Kier molecular flexibility index (Phi) is 2.83. The summed E-state index contributed by atoms with van der Waals surface area (Å²) in [5.41, 5.74) is 0. The second-order valence-corrected chi connectivity index (χ2v) is 1.29. The third-order valence-electron chi connectivity index (χ3n) is 0.667. The lowest BCUT2D eigenvalue weighted by Gasteiger charge is -2.08. The van der Waals surface area contributed by atoms with Crippen LogP contribution in [0.25, 0.3) is 0 Å². The van der Waals surface area contributed by atoms with E-state index in [1.165, 1.54) is 0 Å². The van der Waals surface area contributed by atoms with Crippen molar-refractivity contribution in [2.45, 2.75) is 0 Å². The molecule has 1 heterocycles. The molecule has 0 radical (unpaired) electrons. The highest BCUT2D eigenvalue weighted by molar-refractivity contribution is 4.23. The van der Waals surface area contributed by atoms with Gasteiger partial charge in [-0.1, -0.05) is 0 Å². The third kappa shape index (κ3) is 2.23. The van der Waals surface area contributed by atoms with Crippen LogP contribution in [0.1, 0.15) is 0 Å². The fourth-order valence-electron chi connectivity index (χ4n) is 0.372. The molecule has 0 aromatic rings. The predicted molar refractivity (Wildman–Crippen MR) is 23.8 cm³/mol. The molecule has 0 bridgehead atoms. The maximum Gasteiger partial charge on any atom is 0.109 e. The van der Waals surface area contributed by atoms with Crippen molar-refractivity contribution in [3.05, 3.63) is 0 Å². The Morgan fingerprint density at radius 3 is 1.00 bits per heavy atom. The van der Waals surface area contributed by atoms with Crippen LogP contribution in [0.15, 0.2) is 0 Å². The fraction of sp³-hybridized carbons (Fsp3) is 1.00. The number of hydrogen-bond donors (Lipinski definition) is 0. The zero-order valence-electron chi connectivity index (χ0n) is 4.46. The first-order valence-corrected chi connectivity index (χ1v) is 2.49. The van der Waals surface area contributed by atoms with Crippen LogP contribution in [0.3, 0.4) is 0 Å². The summed E-state index contributed by atoms with van der Waals surface area (Å²) in [5.74, 6) is 0. The standard InChI is InChI=1S/C4H8O4/c1-2-6-8-4-3-7-5-1/h1-4H2. The molecule has 1 saturated heterocycles. The SMILES string of the molecule is C1COOCCOO1. The van der Waals surface area contributed by atoms with Crippen LogP contribution < -0.4 is 0 Å². The van der Waals surface area contributed by atoms with Gasteiger partial charge in [-0.05, 0) is 0 Å². The van der Waals surface area contributed by atoms with Gasteiger partial charge in [0.15, 0.2) is 0 Å². The summed E-state index contributed by atoms with van der Waals surface area (Å²) in [4.78, 5) is 18.3. The van der Waals surface area contributed by atoms with Gasteiger partial charge in [-0.25, -0.2) is 19.6 Å². The molecule has 8 heavy (non-hydrogen) atoms. The first-order chi connectivity index (χ1) is 4.00. The van der Waals surface area contributed by atoms with E-state index in [0.29, 0.717) is 26.4 Å². The molecule has 0 N–H and O–H groups in total. The number of rotatable bonds is 0. The molecule has 0 aromatic carbocycles. The normalized spacial score (nSPS) is 24.0. The molecule has 1 fully saturated rings. The van der Waals surface area contributed by atoms with E-state index in [2.05, 4.69) is 19.6 Å². The Balaban J connectivity index is 2.00. The van der Waals surface area contributed by atoms with E-state index in [-0.39, 0.29) is 0 Å². The molecular formula is C4H8O4. The van der Waals surface area contributed by atoms with E-state index >= 15 is 0 Å². The van der Waals surface area contributed by atoms with Gasteiger partial charge in [0.2, 0.25) is 0 Å². The number of hydrogen-bond acceptors (Lipinski definition) is 4. The van der Waals surface area contributed by atoms with Crippen LogP contribution in [-0.4, -0.2) is 26.4 Å². The van der Waals surface area contributed by atoms with Crippen LogP contribution >= 0.6 is 0 Å². The van der Waals surface area contributed by atoms with E-state index in [1.807, 2.05) is 0 Å². The maximum absolute atomic E-state index is 4.57.